The van der Waals surface area contributed by atoms with Crippen molar-refractivity contribution in [3.8, 4) is 5.75 Å². The number of amides is 1. The van der Waals surface area contributed by atoms with Gasteiger partial charge in [0, 0.05) is 31.1 Å². The number of likely N-dealkylation sites (N-methyl/N-ethyl adjacent to an activating group) is 1. The van der Waals surface area contributed by atoms with Gasteiger partial charge in [0.05, 0.1) is 16.4 Å². The third kappa shape index (κ3) is 4.92. The second-order valence-corrected chi connectivity index (χ2v) is 9.59. The molecule has 0 unspecified atom stereocenters. The van der Waals surface area contributed by atoms with Crippen LogP contribution in [0.1, 0.15) is 17.7 Å². The fourth-order valence-corrected chi connectivity index (χ4v) is 5.27. The van der Waals surface area contributed by atoms with Crippen LogP contribution >= 0.6 is 11.3 Å². The summed E-state index contributed by atoms with van der Waals surface area (Å²) < 4.78 is 31.9. The second kappa shape index (κ2) is 8.89. The lowest BCUT2D eigenvalue weighted by atomic mass is 10.3. The largest absolute Gasteiger partial charge is 0.477 e. The van der Waals surface area contributed by atoms with E-state index in [0.29, 0.717) is 19.6 Å². The van der Waals surface area contributed by atoms with Crippen LogP contribution < -0.4 is 4.74 Å². The van der Waals surface area contributed by atoms with Crippen molar-refractivity contribution in [2.45, 2.75) is 24.3 Å². The molecule has 0 bridgehead atoms. The van der Waals surface area contributed by atoms with Gasteiger partial charge in [-0.3, -0.25) is 14.9 Å². The van der Waals surface area contributed by atoms with E-state index < -0.39 is 20.6 Å². The Morgan fingerprint density at radius 3 is 2.66 bits per heavy atom. The molecule has 0 N–H and O–H groups in total. The summed E-state index contributed by atoms with van der Waals surface area (Å²) in [5.74, 6) is -0.491. The Balaban J connectivity index is 1.72. The Labute approximate surface area is 172 Å². The SMILES string of the molecule is CN(Cc1cccs1)C(=O)COc1ccc(S(=O)(=O)N2CCCC2)cc1[N+](=O)[O-]. The number of rotatable bonds is 8. The van der Waals surface area contributed by atoms with Crippen molar-refractivity contribution in [1.29, 1.82) is 0 Å². The van der Waals surface area contributed by atoms with Gasteiger partial charge in [-0.15, -0.1) is 11.3 Å². The molecule has 1 aliphatic rings. The van der Waals surface area contributed by atoms with Crippen LogP contribution in [0.2, 0.25) is 0 Å². The third-order valence-electron chi connectivity index (χ3n) is 4.58. The highest BCUT2D eigenvalue weighted by Crippen LogP contribution is 2.31. The van der Waals surface area contributed by atoms with E-state index in [2.05, 4.69) is 0 Å². The average Bonchev–Trinajstić information content (AvgIpc) is 3.40. The zero-order valence-electron chi connectivity index (χ0n) is 15.8. The molecular formula is C18H21N3O6S2. The highest BCUT2D eigenvalue weighted by atomic mass is 32.2. The number of hydrogen-bond donors (Lipinski definition) is 0. The number of sulfonamides is 1. The normalized spacial score (nSPS) is 14.7. The first-order chi connectivity index (χ1) is 13.8. The summed E-state index contributed by atoms with van der Waals surface area (Å²) >= 11 is 1.52. The van der Waals surface area contributed by atoms with Crippen molar-refractivity contribution in [2.24, 2.45) is 0 Å². The number of nitro benzene ring substituents is 1. The summed E-state index contributed by atoms with van der Waals surface area (Å²) in [4.78, 5) is 25.3. The van der Waals surface area contributed by atoms with Gasteiger partial charge < -0.3 is 9.64 Å². The van der Waals surface area contributed by atoms with Gasteiger partial charge >= 0.3 is 5.69 Å². The molecular weight excluding hydrogens is 418 g/mol. The summed E-state index contributed by atoms with van der Waals surface area (Å²) in [5, 5.41) is 13.3. The first-order valence-corrected chi connectivity index (χ1v) is 11.3. The van der Waals surface area contributed by atoms with Gasteiger partial charge in [0.15, 0.2) is 12.4 Å². The summed E-state index contributed by atoms with van der Waals surface area (Å²) in [6, 6.07) is 7.28. The van der Waals surface area contributed by atoms with Crippen LogP contribution in [0.25, 0.3) is 0 Å². The quantitative estimate of drug-likeness (QED) is 0.462. The molecule has 3 rings (SSSR count). The van der Waals surface area contributed by atoms with Crippen molar-refractivity contribution < 1.29 is 22.9 Å². The molecule has 9 nitrogen and oxygen atoms in total. The molecule has 1 fully saturated rings. The molecule has 2 heterocycles. The molecule has 1 aliphatic heterocycles. The van der Waals surface area contributed by atoms with Crippen molar-refractivity contribution >= 4 is 33.0 Å². The minimum Gasteiger partial charge on any atom is -0.477 e. The summed E-state index contributed by atoms with van der Waals surface area (Å²) in [7, 11) is -2.17. The van der Waals surface area contributed by atoms with Gasteiger partial charge in [-0.25, -0.2) is 8.42 Å². The predicted molar refractivity (Wildman–Crippen MR) is 107 cm³/mol. The monoisotopic (exact) mass is 439 g/mol. The molecule has 0 radical (unpaired) electrons. The lowest BCUT2D eigenvalue weighted by Gasteiger charge is -2.17. The van der Waals surface area contributed by atoms with Crippen molar-refractivity contribution in [2.75, 3.05) is 26.7 Å². The van der Waals surface area contributed by atoms with Gasteiger partial charge in [-0.2, -0.15) is 4.31 Å². The number of carbonyl (C=O) groups is 1. The number of thiophene rings is 1. The van der Waals surface area contributed by atoms with E-state index in [1.54, 1.807) is 7.05 Å². The van der Waals surface area contributed by atoms with E-state index in [4.69, 9.17) is 4.74 Å². The van der Waals surface area contributed by atoms with Crippen LogP contribution in [0.5, 0.6) is 5.75 Å². The predicted octanol–water partition coefficient (Wildman–Crippen LogP) is 2.48. The number of nitrogens with zero attached hydrogens (tertiary/aromatic N) is 3. The highest BCUT2D eigenvalue weighted by Gasteiger charge is 2.30. The number of ether oxygens (including phenoxy) is 1. The van der Waals surface area contributed by atoms with E-state index >= 15 is 0 Å². The Bertz CT molecular complexity index is 985. The summed E-state index contributed by atoms with van der Waals surface area (Å²) in [6.07, 6.45) is 1.53. The maximum absolute atomic E-state index is 12.6. The Kier molecular flexibility index (Phi) is 6.50. The third-order valence-corrected chi connectivity index (χ3v) is 7.34. The van der Waals surface area contributed by atoms with Gasteiger partial charge in [0.25, 0.3) is 5.91 Å². The molecule has 1 amide bonds. The topological polar surface area (TPSA) is 110 Å². The molecule has 1 aromatic carbocycles. The number of benzene rings is 1. The summed E-state index contributed by atoms with van der Waals surface area (Å²) in [6.45, 7) is 0.828. The molecule has 156 valence electrons. The van der Waals surface area contributed by atoms with Crippen molar-refractivity contribution in [3.05, 3.63) is 50.7 Å². The molecule has 2 aromatic rings. The minimum atomic E-state index is -3.79. The van der Waals surface area contributed by atoms with E-state index in [9.17, 15) is 23.3 Å². The molecule has 1 saturated heterocycles. The van der Waals surface area contributed by atoms with Crippen LogP contribution in [0.15, 0.2) is 40.6 Å². The van der Waals surface area contributed by atoms with Gasteiger partial charge in [-0.05, 0) is 36.4 Å². The van der Waals surface area contributed by atoms with E-state index in [-0.39, 0.29) is 23.2 Å². The van der Waals surface area contributed by atoms with Crippen LogP contribution in [0, 0.1) is 10.1 Å². The zero-order chi connectivity index (χ0) is 21.0. The fraction of sp³-hybridized carbons (Fsp3) is 0.389. The average molecular weight is 440 g/mol. The zero-order valence-corrected chi connectivity index (χ0v) is 17.4. The first-order valence-electron chi connectivity index (χ1n) is 8.97. The van der Waals surface area contributed by atoms with Crippen LogP contribution in [-0.2, 0) is 21.4 Å². The van der Waals surface area contributed by atoms with Gasteiger partial charge in [-0.1, -0.05) is 6.07 Å². The number of hydrogen-bond acceptors (Lipinski definition) is 7. The Hall–Kier alpha value is -2.50. The maximum Gasteiger partial charge on any atom is 0.312 e. The first kappa shape index (κ1) is 21.2. The molecule has 29 heavy (non-hydrogen) atoms. The fourth-order valence-electron chi connectivity index (χ4n) is 2.97. The van der Waals surface area contributed by atoms with Crippen LogP contribution in [-0.4, -0.2) is 55.2 Å². The smallest absolute Gasteiger partial charge is 0.312 e. The van der Waals surface area contributed by atoms with Crippen LogP contribution in [0.3, 0.4) is 0 Å². The molecule has 0 aliphatic carbocycles. The number of carbonyl (C=O) groups excluding carboxylic acids is 1. The molecule has 0 saturated carbocycles. The van der Waals surface area contributed by atoms with E-state index in [0.717, 1.165) is 23.8 Å². The molecule has 1 aromatic heterocycles. The van der Waals surface area contributed by atoms with Gasteiger partial charge in [0.1, 0.15) is 0 Å². The minimum absolute atomic E-state index is 0.145. The van der Waals surface area contributed by atoms with Crippen LogP contribution in [0.4, 0.5) is 5.69 Å². The van der Waals surface area contributed by atoms with Crippen molar-refractivity contribution in [3.63, 3.8) is 0 Å². The standard InChI is InChI=1S/C18H21N3O6S2/c1-19(12-14-5-4-10-28-14)18(22)13-27-17-7-6-15(11-16(17)21(23)24)29(25,26)20-8-2-3-9-20/h4-7,10-11H,2-3,8-9,12-13H2,1H3. The van der Waals surface area contributed by atoms with Gasteiger partial charge in [0.2, 0.25) is 10.0 Å². The van der Waals surface area contributed by atoms with E-state index in [1.807, 2.05) is 17.5 Å². The molecule has 11 heteroatoms. The maximum atomic E-state index is 12.6. The summed E-state index contributed by atoms with van der Waals surface area (Å²) in [5.41, 5.74) is -0.487. The second-order valence-electron chi connectivity index (χ2n) is 6.62. The lowest BCUT2D eigenvalue weighted by Crippen LogP contribution is -2.30. The highest BCUT2D eigenvalue weighted by molar-refractivity contribution is 7.89. The molecule has 0 spiro atoms. The Morgan fingerprint density at radius 2 is 2.03 bits per heavy atom. The van der Waals surface area contributed by atoms with E-state index in [1.165, 1.54) is 32.7 Å². The van der Waals surface area contributed by atoms with Crippen molar-refractivity contribution in [1.82, 2.24) is 9.21 Å². The molecule has 0 atom stereocenters. The lowest BCUT2D eigenvalue weighted by molar-refractivity contribution is -0.386. The number of nitro groups is 1. The Morgan fingerprint density at radius 1 is 1.31 bits per heavy atom.